The van der Waals surface area contributed by atoms with Gasteiger partial charge in [0.1, 0.15) is 11.3 Å². The van der Waals surface area contributed by atoms with E-state index in [-0.39, 0.29) is 48.4 Å². The van der Waals surface area contributed by atoms with Crippen LogP contribution in [0.4, 0.5) is 39.5 Å². The molecule has 1 amide bonds. The van der Waals surface area contributed by atoms with E-state index in [2.05, 4.69) is 20.1 Å². The van der Waals surface area contributed by atoms with Gasteiger partial charge in [-0.05, 0) is 39.7 Å². The molecule has 1 aliphatic heterocycles. The van der Waals surface area contributed by atoms with Crippen molar-refractivity contribution in [3.63, 3.8) is 0 Å². The van der Waals surface area contributed by atoms with Crippen LogP contribution >= 0.6 is 11.3 Å². The van der Waals surface area contributed by atoms with Crippen LogP contribution in [0.5, 0.6) is 0 Å². The summed E-state index contributed by atoms with van der Waals surface area (Å²) in [5, 5.41) is 13.1. The zero-order chi connectivity index (χ0) is 33.8. The summed E-state index contributed by atoms with van der Waals surface area (Å²) in [5.41, 5.74) is -13.0. The van der Waals surface area contributed by atoms with Crippen molar-refractivity contribution in [1.29, 1.82) is 0 Å². The lowest BCUT2D eigenvalue weighted by Crippen LogP contribution is -2.54. The van der Waals surface area contributed by atoms with Crippen LogP contribution in [0.1, 0.15) is 61.2 Å². The number of aromatic nitrogens is 4. The molecule has 0 radical (unpaired) electrons. The lowest BCUT2D eigenvalue weighted by Gasteiger charge is -2.32. The van der Waals surface area contributed by atoms with Gasteiger partial charge in [-0.2, -0.15) is 44.5 Å². The molecule has 3 aromatic heterocycles. The second kappa shape index (κ2) is 11.5. The molecule has 10 nitrogen and oxygen atoms in total. The van der Waals surface area contributed by atoms with Gasteiger partial charge in [-0.3, -0.25) is 14.6 Å². The molecule has 0 aromatic carbocycles. The molecule has 1 atom stereocenters. The van der Waals surface area contributed by atoms with Gasteiger partial charge in [0.05, 0.1) is 22.6 Å². The fourth-order valence-electron chi connectivity index (χ4n) is 4.58. The first kappa shape index (κ1) is 34.1. The highest BCUT2D eigenvalue weighted by Gasteiger charge is 2.72. The molecule has 0 bridgehead atoms. The van der Waals surface area contributed by atoms with Gasteiger partial charge in [0.25, 0.3) is 18.0 Å². The molecule has 1 aliphatic rings. The van der Waals surface area contributed by atoms with E-state index in [1.807, 2.05) is 0 Å². The predicted molar refractivity (Wildman–Crippen MR) is 134 cm³/mol. The minimum absolute atomic E-state index is 0.0586. The number of aliphatic hydroxyl groups is 1. The van der Waals surface area contributed by atoms with Crippen molar-refractivity contribution in [3.05, 3.63) is 35.1 Å². The number of carbonyl (C=O) groups excluding carboxylic acids is 2. The Labute approximate surface area is 251 Å². The number of carbonyl (C=O) groups is 2. The number of halogens is 9. The van der Waals surface area contributed by atoms with Gasteiger partial charge in [0.15, 0.2) is 5.01 Å². The molecule has 1 N–H and O–H groups in total. The molecule has 1 fully saturated rings. The number of amides is 1. The number of ether oxygens (including phenoxy) is 1. The molecular weight excluding hydrogens is 653 g/mol. The van der Waals surface area contributed by atoms with E-state index in [1.165, 1.54) is 18.7 Å². The average Bonchev–Trinajstić information content (AvgIpc) is 3.65. The molecule has 0 aliphatic carbocycles. The van der Waals surface area contributed by atoms with Crippen molar-refractivity contribution in [2.75, 3.05) is 6.54 Å². The van der Waals surface area contributed by atoms with Crippen LogP contribution in [0, 0.1) is 0 Å². The fourth-order valence-corrected chi connectivity index (χ4v) is 5.59. The normalized spacial score (nSPS) is 16.7. The molecule has 0 spiro atoms. The standard InChI is InChI=1S/C25H22F9N5O5S/c1-11-5-4-6-39(11)20(41)16-17(45-19(37-16)18-36-15(44-38-18)8-21(2,3)43-10-40)12-9-35-14(7-13(12)23(26,27)28)22(42,24(29,30)31)25(32,33)34/h7,9-11,42H,4-6,8H2,1-3H3/t11-/m0/s1. The molecule has 45 heavy (non-hydrogen) atoms. The van der Waals surface area contributed by atoms with Crippen molar-refractivity contribution in [2.45, 2.75) is 75.8 Å². The monoisotopic (exact) mass is 675 g/mol. The summed E-state index contributed by atoms with van der Waals surface area (Å²) in [6.07, 6.45) is -17.6. The van der Waals surface area contributed by atoms with Crippen LogP contribution in [0.25, 0.3) is 21.3 Å². The van der Waals surface area contributed by atoms with Crippen molar-refractivity contribution in [2.24, 2.45) is 0 Å². The summed E-state index contributed by atoms with van der Waals surface area (Å²) in [7, 11) is 0. The number of likely N-dealkylation sites (tertiary alicyclic amines) is 1. The van der Waals surface area contributed by atoms with E-state index in [0.717, 1.165) is 0 Å². The Morgan fingerprint density at radius 1 is 1.13 bits per heavy atom. The van der Waals surface area contributed by atoms with E-state index in [9.17, 15) is 54.2 Å². The van der Waals surface area contributed by atoms with Gasteiger partial charge < -0.3 is 19.3 Å². The highest BCUT2D eigenvalue weighted by atomic mass is 32.1. The first-order chi connectivity index (χ1) is 20.6. The highest BCUT2D eigenvalue weighted by molar-refractivity contribution is 7.18. The lowest BCUT2D eigenvalue weighted by atomic mass is 9.94. The topological polar surface area (TPSA) is 132 Å². The van der Waals surface area contributed by atoms with Crippen molar-refractivity contribution in [1.82, 2.24) is 25.0 Å². The summed E-state index contributed by atoms with van der Waals surface area (Å²) in [5.74, 6) is -1.30. The number of thiazole rings is 1. The predicted octanol–water partition coefficient (Wildman–Crippen LogP) is 5.70. The van der Waals surface area contributed by atoms with Crippen LogP contribution in [-0.2, 0) is 27.7 Å². The Kier molecular flexibility index (Phi) is 8.72. The Hall–Kier alpha value is -3.81. The van der Waals surface area contributed by atoms with Crippen LogP contribution in [0.3, 0.4) is 0 Å². The number of pyridine rings is 1. The third kappa shape index (κ3) is 6.47. The first-order valence-corrected chi connectivity index (χ1v) is 13.6. The molecule has 4 heterocycles. The number of hydrogen-bond acceptors (Lipinski definition) is 10. The second-order valence-electron chi connectivity index (χ2n) is 10.7. The molecule has 0 saturated carbocycles. The van der Waals surface area contributed by atoms with Gasteiger partial charge in [0.2, 0.25) is 11.7 Å². The van der Waals surface area contributed by atoms with Crippen LogP contribution in [-0.4, -0.2) is 73.0 Å². The minimum atomic E-state index is -6.50. The summed E-state index contributed by atoms with van der Waals surface area (Å²) < 4.78 is 134. The summed E-state index contributed by atoms with van der Waals surface area (Å²) in [6, 6.07) is -0.937. The van der Waals surface area contributed by atoms with Crippen LogP contribution < -0.4 is 0 Å². The minimum Gasteiger partial charge on any atom is -0.461 e. The van der Waals surface area contributed by atoms with Crippen molar-refractivity contribution < 1.29 is 63.5 Å². The smallest absolute Gasteiger partial charge is 0.432 e. The molecule has 4 rings (SSSR count). The molecule has 246 valence electrons. The number of nitrogens with zero attached hydrogens (tertiary/aromatic N) is 5. The Morgan fingerprint density at radius 2 is 1.78 bits per heavy atom. The summed E-state index contributed by atoms with van der Waals surface area (Å²) in [4.78, 5) is 36.1. The number of alkyl halides is 9. The zero-order valence-electron chi connectivity index (χ0n) is 23.3. The third-order valence-corrected chi connectivity index (χ3v) is 7.98. The largest absolute Gasteiger partial charge is 0.461 e. The maximum atomic E-state index is 14.3. The molecule has 0 unspecified atom stereocenters. The third-order valence-electron chi connectivity index (χ3n) is 6.89. The van der Waals surface area contributed by atoms with Crippen molar-refractivity contribution >= 4 is 23.7 Å². The van der Waals surface area contributed by atoms with E-state index in [0.29, 0.717) is 24.2 Å². The number of rotatable bonds is 8. The van der Waals surface area contributed by atoms with E-state index in [1.54, 1.807) is 6.92 Å². The van der Waals surface area contributed by atoms with Gasteiger partial charge in [0, 0.05) is 24.3 Å². The van der Waals surface area contributed by atoms with Gasteiger partial charge in [-0.25, -0.2) is 4.98 Å². The fraction of sp³-hybridized carbons (Fsp3) is 0.520. The molecule has 1 saturated heterocycles. The van der Waals surface area contributed by atoms with Gasteiger partial charge in [-0.1, -0.05) is 5.16 Å². The van der Waals surface area contributed by atoms with E-state index in [4.69, 9.17) is 9.26 Å². The zero-order valence-corrected chi connectivity index (χ0v) is 24.1. The van der Waals surface area contributed by atoms with Crippen molar-refractivity contribution in [3.8, 4) is 21.3 Å². The Morgan fingerprint density at radius 3 is 2.31 bits per heavy atom. The molecule has 20 heteroatoms. The second-order valence-corrected chi connectivity index (χ2v) is 11.7. The quantitative estimate of drug-likeness (QED) is 0.236. The average molecular weight is 676 g/mol. The molecule has 3 aromatic rings. The van der Waals surface area contributed by atoms with E-state index >= 15 is 0 Å². The maximum absolute atomic E-state index is 14.3. The molecular formula is C25H22F9N5O5S. The Bertz CT molecular complexity index is 1570. The Balaban J connectivity index is 1.92. The number of hydrogen-bond donors (Lipinski definition) is 1. The van der Waals surface area contributed by atoms with Crippen LogP contribution in [0.15, 0.2) is 16.8 Å². The lowest BCUT2D eigenvalue weighted by molar-refractivity contribution is -0.377. The maximum Gasteiger partial charge on any atom is 0.432 e. The van der Waals surface area contributed by atoms with Gasteiger partial charge in [-0.15, -0.1) is 11.3 Å². The highest BCUT2D eigenvalue weighted by Crippen LogP contribution is 2.51. The van der Waals surface area contributed by atoms with E-state index < -0.39 is 69.1 Å². The SMILES string of the molecule is C[C@H]1CCCN1C(=O)c1nc(-c2noc(CC(C)(C)OC=O)n2)sc1-c1cnc(C(O)(C(F)(F)F)C(F)(F)F)cc1C(F)(F)F. The van der Waals surface area contributed by atoms with Crippen LogP contribution in [0.2, 0.25) is 0 Å². The first-order valence-electron chi connectivity index (χ1n) is 12.8. The van der Waals surface area contributed by atoms with Gasteiger partial charge >= 0.3 is 18.5 Å². The summed E-state index contributed by atoms with van der Waals surface area (Å²) >= 11 is 0.372. The summed E-state index contributed by atoms with van der Waals surface area (Å²) in [6.45, 7) is 5.06.